The Bertz CT molecular complexity index is 253. The Balaban J connectivity index is 0. The summed E-state index contributed by atoms with van der Waals surface area (Å²) in [5, 5.41) is 2.50. The Kier molecular flexibility index (Phi) is 8.79. The third-order valence-corrected chi connectivity index (χ3v) is 1.63. The van der Waals surface area contributed by atoms with Crippen molar-refractivity contribution in [2.75, 3.05) is 13.7 Å². The number of carbonyl (C=O) groups is 2. The van der Waals surface area contributed by atoms with Crippen LogP contribution in [0, 0.1) is 0 Å². The van der Waals surface area contributed by atoms with Crippen LogP contribution in [0.2, 0.25) is 0 Å². The molecule has 1 amide bonds. The molecule has 0 saturated carbocycles. The molecular formula is C10H21ClN2O4. The number of hydrogen-bond acceptors (Lipinski definition) is 5. The van der Waals surface area contributed by atoms with E-state index in [1.807, 2.05) is 0 Å². The van der Waals surface area contributed by atoms with Gasteiger partial charge in [-0.25, -0.2) is 4.79 Å². The molecule has 0 unspecified atom stereocenters. The maximum atomic E-state index is 11.2. The van der Waals surface area contributed by atoms with E-state index in [1.54, 1.807) is 20.8 Å². The third-order valence-electron chi connectivity index (χ3n) is 1.63. The number of methoxy groups -OCH3 is 1. The number of nitrogens with two attached hydrogens (primary N) is 1. The first-order valence-corrected chi connectivity index (χ1v) is 5.06. The third kappa shape index (κ3) is 9.89. The van der Waals surface area contributed by atoms with Gasteiger partial charge in [-0.2, -0.15) is 0 Å². The van der Waals surface area contributed by atoms with Crippen LogP contribution in [-0.4, -0.2) is 37.4 Å². The first-order chi connectivity index (χ1) is 7.26. The first kappa shape index (κ1) is 18.4. The normalized spacial score (nSPS) is 12.1. The molecule has 0 bridgehead atoms. The quantitative estimate of drug-likeness (QED) is 0.737. The molecule has 0 heterocycles. The summed E-state index contributed by atoms with van der Waals surface area (Å²) < 4.78 is 9.44. The van der Waals surface area contributed by atoms with Crippen molar-refractivity contribution in [1.82, 2.24) is 5.32 Å². The van der Waals surface area contributed by atoms with Crippen LogP contribution in [0.3, 0.4) is 0 Å². The fourth-order valence-electron chi connectivity index (χ4n) is 0.913. The van der Waals surface area contributed by atoms with E-state index in [2.05, 4.69) is 10.1 Å². The molecule has 7 heteroatoms. The average molecular weight is 269 g/mol. The maximum Gasteiger partial charge on any atom is 0.407 e. The Labute approximate surface area is 108 Å². The van der Waals surface area contributed by atoms with Gasteiger partial charge in [0.25, 0.3) is 0 Å². The van der Waals surface area contributed by atoms with Crippen molar-refractivity contribution in [1.29, 1.82) is 0 Å². The van der Waals surface area contributed by atoms with Crippen molar-refractivity contribution < 1.29 is 19.1 Å². The summed E-state index contributed by atoms with van der Waals surface area (Å²) in [6.07, 6.45) is -0.212. The lowest BCUT2D eigenvalue weighted by atomic mass is 10.2. The molecule has 0 rings (SSSR count). The Hall–Kier alpha value is -1.01. The van der Waals surface area contributed by atoms with E-state index < -0.39 is 23.7 Å². The molecule has 0 spiro atoms. The average Bonchev–Trinajstić information content (AvgIpc) is 2.13. The summed E-state index contributed by atoms with van der Waals surface area (Å²) >= 11 is 0. The van der Waals surface area contributed by atoms with Crippen LogP contribution in [0.4, 0.5) is 4.79 Å². The molecule has 1 atom stereocenters. The van der Waals surface area contributed by atoms with E-state index in [9.17, 15) is 9.59 Å². The lowest BCUT2D eigenvalue weighted by Gasteiger charge is -2.19. The highest BCUT2D eigenvalue weighted by Gasteiger charge is 2.17. The maximum absolute atomic E-state index is 11.2. The number of nitrogens with one attached hydrogen (secondary N) is 1. The summed E-state index contributed by atoms with van der Waals surface area (Å²) in [7, 11) is 1.27. The van der Waals surface area contributed by atoms with Crippen molar-refractivity contribution in [2.24, 2.45) is 5.73 Å². The van der Waals surface area contributed by atoms with E-state index in [1.165, 1.54) is 7.11 Å². The second kappa shape index (κ2) is 8.14. The van der Waals surface area contributed by atoms with Crippen LogP contribution in [0.25, 0.3) is 0 Å². The Morgan fingerprint density at radius 1 is 1.35 bits per heavy atom. The first-order valence-electron chi connectivity index (χ1n) is 5.06. The number of carbonyl (C=O) groups excluding carboxylic acids is 2. The molecule has 0 aliphatic rings. The minimum atomic E-state index is -0.722. The summed E-state index contributed by atoms with van der Waals surface area (Å²) in [6, 6.07) is -0.722. The summed E-state index contributed by atoms with van der Waals surface area (Å²) in [6.45, 7) is 5.58. The Morgan fingerprint density at radius 3 is 2.29 bits per heavy atom. The van der Waals surface area contributed by atoms with Crippen molar-refractivity contribution >= 4 is 24.5 Å². The number of ether oxygens (including phenoxy) is 2. The molecule has 0 aliphatic carbocycles. The number of esters is 1. The van der Waals surface area contributed by atoms with Gasteiger partial charge in [-0.1, -0.05) is 0 Å². The van der Waals surface area contributed by atoms with Gasteiger partial charge < -0.3 is 20.5 Å². The second-order valence-electron chi connectivity index (χ2n) is 4.35. The van der Waals surface area contributed by atoms with Crippen LogP contribution < -0.4 is 11.1 Å². The van der Waals surface area contributed by atoms with Crippen molar-refractivity contribution in [3.8, 4) is 0 Å². The number of halogens is 1. The van der Waals surface area contributed by atoms with Gasteiger partial charge >= 0.3 is 12.1 Å². The van der Waals surface area contributed by atoms with Crippen molar-refractivity contribution in [2.45, 2.75) is 38.8 Å². The van der Waals surface area contributed by atoms with E-state index in [-0.39, 0.29) is 19.0 Å². The van der Waals surface area contributed by atoms with Gasteiger partial charge in [0.15, 0.2) is 0 Å². The standard InChI is InChI=1S/C10H20N2O4.ClH/c1-10(2,3)16-9(14)12-6-5-7(11)8(13)15-4;/h7H,5-6,11H2,1-4H3,(H,12,14);1H/t7-;/m1./s1. The topological polar surface area (TPSA) is 90.6 Å². The minimum Gasteiger partial charge on any atom is -0.468 e. The van der Waals surface area contributed by atoms with Gasteiger partial charge in [0.05, 0.1) is 7.11 Å². The molecule has 0 aliphatic heterocycles. The van der Waals surface area contributed by atoms with Crippen molar-refractivity contribution in [3.63, 3.8) is 0 Å². The predicted molar refractivity (Wildman–Crippen MR) is 66.1 cm³/mol. The molecule has 6 nitrogen and oxygen atoms in total. The SMILES string of the molecule is COC(=O)[C@H](N)CCNC(=O)OC(C)(C)C.Cl. The highest BCUT2D eigenvalue weighted by Crippen LogP contribution is 2.06. The highest BCUT2D eigenvalue weighted by atomic mass is 35.5. The van der Waals surface area contributed by atoms with E-state index in [4.69, 9.17) is 10.5 Å². The minimum absolute atomic E-state index is 0. The van der Waals surface area contributed by atoms with Crippen LogP contribution in [0.5, 0.6) is 0 Å². The zero-order valence-electron chi connectivity index (χ0n) is 10.6. The van der Waals surface area contributed by atoms with Crippen LogP contribution >= 0.6 is 12.4 Å². The largest absolute Gasteiger partial charge is 0.468 e. The molecule has 17 heavy (non-hydrogen) atoms. The summed E-state index contributed by atoms with van der Waals surface area (Å²) in [4.78, 5) is 22.1. The van der Waals surface area contributed by atoms with Crippen LogP contribution in [0.1, 0.15) is 27.2 Å². The molecule has 0 radical (unpaired) electrons. The van der Waals surface area contributed by atoms with Gasteiger partial charge in [0.2, 0.25) is 0 Å². The molecule has 0 aromatic carbocycles. The van der Waals surface area contributed by atoms with Gasteiger partial charge in [0, 0.05) is 6.54 Å². The molecular weight excluding hydrogens is 248 g/mol. The fraction of sp³-hybridized carbons (Fsp3) is 0.800. The molecule has 0 saturated heterocycles. The van der Waals surface area contributed by atoms with Crippen LogP contribution in [-0.2, 0) is 14.3 Å². The fourth-order valence-corrected chi connectivity index (χ4v) is 0.913. The molecule has 0 aromatic rings. The Morgan fingerprint density at radius 2 is 1.88 bits per heavy atom. The van der Waals surface area contributed by atoms with Gasteiger partial charge in [-0.05, 0) is 27.2 Å². The molecule has 0 fully saturated rings. The van der Waals surface area contributed by atoms with Gasteiger partial charge in [-0.15, -0.1) is 12.4 Å². The second-order valence-corrected chi connectivity index (χ2v) is 4.35. The number of alkyl carbamates (subject to hydrolysis) is 1. The van der Waals surface area contributed by atoms with E-state index in [0.717, 1.165) is 0 Å². The van der Waals surface area contributed by atoms with Gasteiger partial charge in [-0.3, -0.25) is 4.79 Å². The number of amides is 1. The summed E-state index contributed by atoms with van der Waals surface area (Å²) in [5.41, 5.74) is 4.94. The molecule has 102 valence electrons. The predicted octanol–water partition coefficient (Wildman–Crippen LogP) is 0.823. The molecule has 0 aromatic heterocycles. The van der Waals surface area contributed by atoms with Gasteiger partial charge in [0.1, 0.15) is 11.6 Å². The highest BCUT2D eigenvalue weighted by molar-refractivity contribution is 5.85. The van der Waals surface area contributed by atoms with E-state index >= 15 is 0 Å². The summed E-state index contributed by atoms with van der Waals surface area (Å²) in [5.74, 6) is -0.494. The van der Waals surface area contributed by atoms with E-state index in [0.29, 0.717) is 6.42 Å². The lowest BCUT2D eigenvalue weighted by Crippen LogP contribution is -2.38. The zero-order chi connectivity index (χ0) is 12.8. The number of hydrogen-bond donors (Lipinski definition) is 2. The monoisotopic (exact) mass is 268 g/mol. The number of rotatable bonds is 4. The zero-order valence-corrected chi connectivity index (χ0v) is 11.4. The van der Waals surface area contributed by atoms with Crippen LogP contribution in [0.15, 0.2) is 0 Å². The lowest BCUT2D eigenvalue weighted by molar-refractivity contribution is -0.142. The molecule has 3 N–H and O–H groups in total. The smallest absolute Gasteiger partial charge is 0.407 e. The van der Waals surface area contributed by atoms with Crippen molar-refractivity contribution in [3.05, 3.63) is 0 Å².